The highest BCUT2D eigenvalue weighted by Crippen LogP contribution is 2.14. The highest BCUT2D eigenvalue weighted by atomic mass is 16.4. The number of rotatable bonds is 5. The Balaban J connectivity index is 1.73. The van der Waals surface area contributed by atoms with Crippen molar-refractivity contribution in [3.63, 3.8) is 0 Å². The number of nitrogens with one attached hydrogen (secondary N) is 1. The topological polar surface area (TPSA) is 100 Å². The minimum atomic E-state index is -1.15. The van der Waals surface area contributed by atoms with Crippen molar-refractivity contribution in [3.8, 4) is 0 Å². The van der Waals surface area contributed by atoms with Crippen LogP contribution in [0.2, 0.25) is 0 Å². The number of carbonyl (C=O) groups excluding carboxylic acids is 1. The molecule has 1 fully saturated rings. The molecule has 0 aliphatic carbocycles. The fourth-order valence-corrected chi connectivity index (χ4v) is 2.20. The predicted molar refractivity (Wildman–Crippen MR) is 70.2 cm³/mol. The Bertz CT molecular complexity index is 479. The molecule has 0 bridgehead atoms. The van der Waals surface area contributed by atoms with Crippen LogP contribution in [-0.4, -0.2) is 63.6 Å². The van der Waals surface area contributed by atoms with Gasteiger partial charge in [-0.15, -0.1) is 5.10 Å². The van der Waals surface area contributed by atoms with Crippen molar-refractivity contribution in [2.75, 3.05) is 26.7 Å². The van der Waals surface area contributed by atoms with Gasteiger partial charge < -0.3 is 15.3 Å². The van der Waals surface area contributed by atoms with Crippen LogP contribution < -0.4 is 5.32 Å². The number of carbonyl (C=O) groups is 2. The molecule has 8 heteroatoms. The number of hydrogen-bond donors (Lipinski definition) is 2. The Labute approximate surface area is 116 Å². The number of carboxylic acid groups (broad SMARTS) is 1. The number of amides is 1. The minimum absolute atomic E-state index is 0.00704. The smallest absolute Gasteiger partial charge is 0.358 e. The SMILES string of the molecule is CN1CCC(CNC(=O)Cn2cc(C(=O)O)nn2)CC1. The number of aromatic nitrogens is 3. The van der Waals surface area contributed by atoms with Crippen LogP contribution in [0.15, 0.2) is 6.20 Å². The first-order chi connectivity index (χ1) is 9.54. The van der Waals surface area contributed by atoms with Crippen LogP contribution in [0.25, 0.3) is 0 Å². The van der Waals surface area contributed by atoms with Crippen molar-refractivity contribution in [2.45, 2.75) is 19.4 Å². The molecule has 0 radical (unpaired) electrons. The van der Waals surface area contributed by atoms with E-state index in [0.29, 0.717) is 12.5 Å². The van der Waals surface area contributed by atoms with Crippen molar-refractivity contribution in [3.05, 3.63) is 11.9 Å². The number of carboxylic acids is 1. The molecule has 0 atom stereocenters. The van der Waals surface area contributed by atoms with Crippen molar-refractivity contribution >= 4 is 11.9 Å². The van der Waals surface area contributed by atoms with Gasteiger partial charge in [0.2, 0.25) is 5.91 Å². The highest BCUT2D eigenvalue weighted by molar-refractivity contribution is 5.84. The van der Waals surface area contributed by atoms with Crippen LogP contribution in [0.1, 0.15) is 23.3 Å². The van der Waals surface area contributed by atoms with Gasteiger partial charge in [-0.3, -0.25) is 4.79 Å². The van der Waals surface area contributed by atoms with Gasteiger partial charge >= 0.3 is 5.97 Å². The van der Waals surface area contributed by atoms with Gasteiger partial charge in [0.25, 0.3) is 0 Å². The highest BCUT2D eigenvalue weighted by Gasteiger charge is 2.17. The Kier molecular flexibility index (Phi) is 4.67. The van der Waals surface area contributed by atoms with Gasteiger partial charge in [0.15, 0.2) is 5.69 Å². The van der Waals surface area contributed by atoms with Crippen LogP contribution in [-0.2, 0) is 11.3 Å². The lowest BCUT2D eigenvalue weighted by atomic mass is 9.97. The monoisotopic (exact) mass is 281 g/mol. The second-order valence-corrected chi connectivity index (χ2v) is 5.16. The molecule has 1 aliphatic heterocycles. The zero-order chi connectivity index (χ0) is 14.5. The van der Waals surface area contributed by atoms with Crippen molar-refractivity contribution in [1.82, 2.24) is 25.2 Å². The summed E-state index contributed by atoms with van der Waals surface area (Å²) < 4.78 is 1.23. The Hall–Kier alpha value is -1.96. The first-order valence-electron chi connectivity index (χ1n) is 6.63. The van der Waals surface area contributed by atoms with Gasteiger partial charge in [0, 0.05) is 6.54 Å². The van der Waals surface area contributed by atoms with E-state index < -0.39 is 5.97 Å². The van der Waals surface area contributed by atoms with E-state index in [1.807, 2.05) is 0 Å². The van der Waals surface area contributed by atoms with Crippen molar-refractivity contribution in [1.29, 1.82) is 0 Å². The summed E-state index contributed by atoms with van der Waals surface area (Å²) in [5.74, 6) is -0.811. The largest absolute Gasteiger partial charge is 0.476 e. The standard InChI is InChI=1S/C12H19N5O3/c1-16-4-2-9(3-5-16)6-13-11(18)8-17-7-10(12(19)20)14-15-17/h7,9H,2-6,8H2,1H3,(H,13,18)(H,19,20). The third-order valence-corrected chi connectivity index (χ3v) is 3.49. The predicted octanol–water partition coefficient (Wildman–Crippen LogP) is -0.566. The van der Waals surface area contributed by atoms with Crippen LogP contribution in [0.4, 0.5) is 0 Å². The second kappa shape index (κ2) is 6.47. The molecule has 1 aliphatic rings. The molecular formula is C12H19N5O3. The fraction of sp³-hybridized carbons (Fsp3) is 0.667. The third-order valence-electron chi connectivity index (χ3n) is 3.49. The molecule has 110 valence electrons. The number of piperidine rings is 1. The van der Waals surface area contributed by atoms with E-state index >= 15 is 0 Å². The van der Waals surface area contributed by atoms with Crippen LogP contribution in [0.3, 0.4) is 0 Å². The molecule has 2 rings (SSSR count). The molecule has 2 N–H and O–H groups in total. The molecule has 2 heterocycles. The summed E-state index contributed by atoms with van der Waals surface area (Å²) in [7, 11) is 2.10. The molecule has 20 heavy (non-hydrogen) atoms. The quantitative estimate of drug-likeness (QED) is 0.750. The maximum absolute atomic E-state index is 11.7. The van der Waals surface area contributed by atoms with Crippen LogP contribution >= 0.6 is 0 Å². The first kappa shape index (κ1) is 14.4. The van der Waals surface area contributed by atoms with Gasteiger partial charge in [0.05, 0.1) is 6.20 Å². The Morgan fingerprint density at radius 2 is 2.15 bits per heavy atom. The normalized spacial score (nSPS) is 17.1. The molecular weight excluding hydrogens is 262 g/mol. The maximum Gasteiger partial charge on any atom is 0.358 e. The van der Waals surface area contributed by atoms with E-state index in [1.54, 1.807) is 0 Å². The average molecular weight is 281 g/mol. The molecule has 1 saturated heterocycles. The van der Waals surface area contributed by atoms with E-state index in [4.69, 9.17) is 5.11 Å². The minimum Gasteiger partial charge on any atom is -0.476 e. The maximum atomic E-state index is 11.7. The van der Waals surface area contributed by atoms with Crippen LogP contribution in [0, 0.1) is 5.92 Å². The van der Waals surface area contributed by atoms with Crippen LogP contribution in [0.5, 0.6) is 0 Å². The molecule has 0 unspecified atom stereocenters. The number of hydrogen-bond acceptors (Lipinski definition) is 5. The molecule has 0 aromatic carbocycles. The third kappa shape index (κ3) is 4.02. The summed E-state index contributed by atoms with van der Waals surface area (Å²) >= 11 is 0. The summed E-state index contributed by atoms with van der Waals surface area (Å²) in [6.07, 6.45) is 3.42. The first-order valence-corrected chi connectivity index (χ1v) is 6.63. The van der Waals surface area contributed by atoms with Gasteiger partial charge in [-0.25, -0.2) is 9.48 Å². The lowest BCUT2D eigenvalue weighted by Crippen LogP contribution is -2.37. The van der Waals surface area contributed by atoms with Gasteiger partial charge in [-0.05, 0) is 38.9 Å². The molecule has 0 spiro atoms. The van der Waals surface area contributed by atoms with Gasteiger partial charge in [-0.2, -0.15) is 0 Å². The number of aromatic carboxylic acids is 1. The molecule has 1 aromatic rings. The van der Waals surface area contributed by atoms with E-state index in [9.17, 15) is 9.59 Å². The van der Waals surface area contributed by atoms with E-state index in [1.165, 1.54) is 10.9 Å². The average Bonchev–Trinajstić information content (AvgIpc) is 2.87. The zero-order valence-electron chi connectivity index (χ0n) is 11.4. The number of nitrogens with zero attached hydrogens (tertiary/aromatic N) is 4. The fourth-order valence-electron chi connectivity index (χ4n) is 2.20. The van der Waals surface area contributed by atoms with Gasteiger partial charge in [-0.1, -0.05) is 5.21 Å². The summed E-state index contributed by atoms with van der Waals surface area (Å²) in [4.78, 5) is 24.7. The number of likely N-dealkylation sites (tertiary alicyclic amines) is 1. The zero-order valence-corrected chi connectivity index (χ0v) is 11.4. The Morgan fingerprint density at radius 3 is 2.75 bits per heavy atom. The van der Waals surface area contributed by atoms with Gasteiger partial charge in [0.1, 0.15) is 6.54 Å². The molecule has 1 aromatic heterocycles. The second-order valence-electron chi connectivity index (χ2n) is 5.16. The summed E-state index contributed by atoms with van der Waals surface area (Å²) in [6.45, 7) is 2.78. The lowest BCUT2D eigenvalue weighted by Gasteiger charge is -2.28. The molecule has 0 saturated carbocycles. The summed E-state index contributed by atoms with van der Waals surface area (Å²) in [6, 6.07) is 0. The van der Waals surface area contributed by atoms with Crippen molar-refractivity contribution < 1.29 is 14.7 Å². The van der Waals surface area contributed by atoms with E-state index in [0.717, 1.165) is 25.9 Å². The summed E-state index contributed by atoms with van der Waals surface area (Å²) in [5.41, 5.74) is -0.159. The van der Waals surface area contributed by atoms with Crippen molar-refractivity contribution in [2.24, 2.45) is 5.92 Å². The summed E-state index contributed by atoms with van der Waals surface area (Å²) in [5, 5.41) is 18.6. The molecule has 1 amide bonds. The lowest BCUT2D eigenvalue weighted by molar-refractivity contribution is -0.122. The van der Waals surface area contributed by atoms with E-state index in [2.05, 4.69) is 27.6 Å². The Morgan fingerprint density at radius 1 is 1.45 bits per heavy atom. The van der Waals surface area contributed by atoms with E-state index in [-0.39, 0.29) is 18.1 Å². The molecule has 8 nitrogen and oxygen atoms in total.